The highest BCUT2D eigenvalue weighted by molar-refractivity contribution is 9.10. The van der Waals surface area contributed by atoms with Gasteiger partial charge < -0.3 is 10.2 Å². The predicted molar refractivity (Wildman–Crippen MR) is 70.8 cm³/mol. The number of hydrogen-bond donors (Lipinski definition) is 1. The van der Waals surface area contributed by atoms with E-state index in [1.54, 1.807) is 0 Å². The number of amides is 1. The van der Waals surface area contributed by atoms with E-state index in [1.165, 1.54) is 0 Å². The fraction of sp³-hybridized carbons (Fsp3) is 0.500. The van der Waals surface area contributed by atoms with Gasteiger partial charge in [-0.05, 0) is 47.8 Å². The van der Waals surface area contributed by atoms with Crippen LogP contribution in [-0.2, 0) is 4.79 Å². The summed E-state index contributed by atoms with van der Waals surface area (Å²) in [6, 6.07) is 5.39. The minimum absolute atomic E-state index is 0.157. The number of carbonyl (C=O) groups is 1. The van der Waals surface area contributed by atoms with Gasteiger partial charge in [0.05, 0.1) is 0 Å². The van der Waals surface area contributed by atoms with Crippen molar-refractivity contribution >= 4 is 27.7 Å². The number of hydrogen-bond acceptors (Lipinski definition) is 3. The van der Waals surface area contributed by atoms with Gasteiger partial charge in [0.1, 0.15) is 16.5 Å². The van der Waals surface area contributed by atoms with Crippen molar-refractivity contribution in [3.63, 3.8) is 0 Å². The Hall–Kier alpha value is -1.10. The highest BCUT2D eigenvalue weighted by Gasteiger charge is 2.23. The smallest absolute Gasteiger partial charge is 0.244 e. The standard InChI is InChI=1S/C12H16BrN3O/c1-9(12(17)16-7-2-3-8-16)14-11-6-4-5-10(13)15-11/h4-6,9H,2-3,7-8H2,1H3,(H,14,15). The molecule has 1 atom stereocenters. The molecular weight excluding hydrogens is 282 g/mol. The molecule has 1 amide bonds. The van der Waals surface area contributed by atoms with Crippen LogP contribution in [0.15, 0.2) is 22.8 Å². The summed E-state index contributed by atoms with van der Waals surface area (Å²) < 4.78 is 0.767. The minimum Gasteiger partial charge on any atom is -0.359 e. The van der Waals surface area contributed by atoms with Crippen molar-refractivity contribution in [3.8, 4) is 0 Å². The molecule has 0 bridgehead atoms. The van der Waals surface area contributed by atoms with Crippen LogP contribution in [0, 0.1) is 0 Å². The van der Waals surface area contributed by atoms with Crippen LogP contribution in [-0.4, -0.2) is 34.9 Å². The normalized spacial score (nSPS) is 16.9. The predicted octanol–water partition coefficient (Wildman–Crippen LogP) is 2.27. The summed E-state index contributed by atoms with van der Waals surface area (Å²) in [4.78, 5) is 18.2. The van der Waals surface area contributed by atoms with E-state index in [0.29, 0.717) is 0 Å². The van der Waals surface area contributed by atoms with Crippen LogP contribution in [0.1, 0.15) is 19.8 Å². The number of anilines is 1. The number of nitrogens with one attached hydrogen (secondary N) is 1. The van der Waals surface area contributed by atoms with Gasteiger partial charge in [0.2, 0.25) is 5.91 Å². The zero-order chi connectivity index (χ0) is 12.3. The number of likely N-dealkylation sites (tertiary alicyclic amines) is 1. The number of halogens is 1. The molecule has 1 saturated heterocycles. The van der Waals surface area contributed by atoms with Gasteiger partial charge >= 0.3 is 0 Å². The quantitative estimate of drug-likeness (QED) is 0.871. The van der Waals surface area contributed by atoms with Crippen molar-refractivity contribution in [2.45, 2.75) is 25.8 Å². The second-order valence-corrected chi connectivity index (χ2v) is 5.06. The molecule has 0 aromatic carbocycles. The SMILES string of the molecule is CC(Nc1cccc(Br)n1)C(=O)N1CCCC1. The van der Waals surface area contributed by atoms with Crippen LogP contribution in [0.25, 0.3) is 0 Å². The van der Waals surface area contributed by atoms with Crippen LogP contribution in [0.2, 0.25) is 0 Å². The Morgan fingerprint density at radius 1 is 1.47 bits per heavy atom. The lowest BCUT2D eigenvalue weighted by Gasteiger charge is -2.21. The highest BCUT2D eigenvalue weighted by atomic mass is 79.9. The Balaban J connectivity index is 1.96. The third-order valence-corrected chi connectivity index (χ3v) is 3.31. The summed E-state index contributed by atoms with van der Waals surface area (Å²) in [6.07, 6.45) is 2.24. The number of rotatable bonds is 3. The average Bonchev–Trinajstić information content (AvgIpc) is 2.81. The van der Waals surface area contributed by atoms with Gasteiger partial charge in [-0.2, -0.15) is 0 Å². The molecule has 0 saturated carbocycles. The lowest BCUT2D eigenvalue weighted by molar-refractivity contribution is -0.130. The Morgan fingerprint density at radius 2 is 2.18 bits per heavy atom. The first kappa shape index (κ1) is 12.4. The molecule has 0 spiro atoms. The average molecular weight is 298 g/mol. The van der Waals surface area contributed by atoms with Crippen LogP contribution in [0.5, 0.6) is 0 Å². The number of nitrogens with zero attached hydrogens (tertiary/aromatic N) is 2. The van der Waals surface area contributed by atoms with E-state index >= 15 is 0 Å². The van der Waals surface area contributed by atoms with E-state index < -0.39 is 0 Å². The van der Waals surface area contributed by atoms with Crippen molar-refractivity contribution in [1.82, 2.24) is 9.88 Å². The fourth-order valence-corrected chi connectivity index (χ4v) is 2.33. The molecule has 1 aliphatic heterocycles. The molecule has 1 aromatic rings. The van der Waals surface area contributed by atoms with E-state index in [0.717, 1.165) is 36.4 Å². The summed E-state index contributed by atoms with van der Waals surface area (Å²) >= 11 is 3.31. The van der Waals surface area contributed by atoms with E-state index in [-0.39, 0.29) is 11.9 Å². The van der Waals surface area contributed by atoms with Crippen molar-refractivity contribution < 1.29 is 4.79 Å². The fourth-order valence-electron chi connectivity index (χ4n) is 1.98. The summed E-state index contributed by atoms with van der Waals surface area (Å²) in [7, 11) is 0. The van der Waals surface area contributed by atoms with E-state index in [2.05, 4.69) is 26.2 Å². The van der Waals surface area contributed by atoms with Crippen LogP contribution in [0.3, 0.4) is 0 Å². The van der Waals surface area contributed by atoms with Gasteiger partial charge in [-0.15, -0.1) is 0 Å². The van der Waals surface area contributed by atoms with Crippen LogP contribution in [0.4, 0.5) is 5.82 Å². The molecule has 1 N–H and O–H groups in total. The van der Waals surface area contributed by atoms with Crippen molar-refractivity contribution in [3.05, 3.63) is 22.8 Å². The summed E-state index contributed by atoms with van der Waals surface area (Å²) in [5, 5.41) is 3.13. The third-order valence-electron chi connectivity index (χ3n) is 2.87. The van der Waals surface area contributed by atoms with Crippen molar-refractivity contribution in [2.75, 3.05) is 18.4 Å². The van der Waals surface area contributed by atoms with E-state index in [4.69, 9.17) is 0 Å². The molecule has 1 aromatic heterocycles. The van der Waals surface area contributed by atoms with Crippen LogP contribution < -0.4 is 5.32 Å². The molecule has 4 nitrogen and oxygen atoms in total. The highest BCUT2D eigenvalue weighted by Crippen LogP contribution is 2.13. The topological polar surface area (TPSA) is 45.2 Å². The molecule has 1 unspecified atom stereocenters. The van der Waals surface area contributed by atoms with Gasteiger partial charge in [-0.25, -0.2) is 4.98 Å². The Kier molecular flexibility index (Phi) is 3.99. The maximum Gasteiger partial charge on any atom is 0.244 e. The first-order valence-corrected chi connectivity index (χ1v) is 6.64. The molecule has 0 aliphatic carbocycles. The van der Waals surface area contributed by atoms with Crippen molar-refractivity contribution in [1.29, 1.82) is 0 Å². The lowest BCUT2D eigenvalue weighted by Crippen LogP contribution is -2.39. The van der Waals surface area contributed by atoms with Crippen LogP contribution >= 0.6 is 15.9 Å². The molecule has 92 valence electrons. The lowest BCUT2D eigenvalue weighted by atomic mass is 10.3. The molecule has 2 heterocycles. The number of aromatic nitrogens is 1. The zero-order valence-electron chi connectivity index (χ0n) is 9.82. The number of carbonyl (C=O) groups excluding carboxylic acids is 1. The molecular formula is C12H16BrN3O. The monoisotopic (exact) mass is 297 g/mol. The van der Waals surface area contributed by atoms with Gasteiger partial charge in [-0.1, -0.05) is 6.07 Å². The number of pyridine rings is 1. The summed E-state index contributed by atoms with van der Waals surface area (Å²) in [5.74, 6) is 0.878. The second kappa shape index (κ2) is 5.49. The van der Waals surface area contributed by atoms with Gasteiger partial charge in [0.25, 0.3) is 0 Å². The Labute approximate surface area is 110 Å². The third kappa shape index (κ3) is 3.19. The van der Waals surface area contributed by atoms with Gasteiger partial charge in [0, 0.05) is 13.1 Å². The molecule has 1 aliphatic rings. The summed E-state index contributed by atoms with van der Waals surface area (Å²) in [5.41, 5.74) is 0. The second-order valence-electron chi connectivity index (χ2n) is 4.24. The summed E-state index contributed by atoms with van der Waals surface area (Å²) in [6.45, 7) is 3.65. The minimum atomic E-state index is -0.227. The van der Waals surface area contributed by atoms with Crippen molar-refractivity contribution in [2.24, 2.45) is 0 Å². The Morgan fingerprint density at radius 3 is 2.82 bits per heavy atom. The molecule has 2 rings (SSSR count). The van der Waals surface area contributed by atoms with E-state index in [9.17, 15) is 4.79 Å². The first-order chi connectivity index (χ1) is 8.16. The molecule has 17 heavy (non-hydrogen) atoms. The van der Waals surface area contributed by atoms with Gasteiger partial charge in [-0.3, -0.25) is 4.79 Å². The maximum atomic E-state index is 12.1. The maximum absolute atomic E-state index is 12.1. The van der Waals surface area contributed by atoms with Gasteiger partial charge in [0.15, 0.2) is 0 Å². The molecule has 5 heteroatoms. The largest absolute Gasteiger partial charge is 0.359 e. The molecule has 0 radical (unpaired) electrons. The zero-order valence-corrected chi connectivity index (χ0v) is 11.4. The first-order valence-electron chi connectivity index (χ1n) is 5.85. The Bertz CT molecular complexity index is 404. The van der Waals surface area contributed by atoms with E-state index in [1.807, 2.05) is 30.0 Å². The molecule has 1 fully saturated rings.